The van der Waals surface area contributed by atoms with Crippen LogP contribution in [0.25, 0.3) is 21.6 Å². The molecule has 0 bridgehead atoms. The zero-order chi connectivity index (χ0) is 48.1. The Kier molecular flexibility index (Phi) is 16.9. The summed E-state index contributed by atoms with van der Waals surface area (Å²) in [6.07, 6.45) is -8.80. The third-order valence-electron chi connectivity index (χ3n) is 8.90. The van der Waals surface area contributed by atoms with Gasteiger partial charge in [-0.15, -0.1) is 0 Å². The SMILES string of the molecule is CC(C)(C)OC(=O)N[C@H](CC(CN=[N+]=[N-])SSC(C)(C)C)C(=O)O[C@H]1[C@@H](O)[C@H](n2cnc3c(N)ncnc32)O[C@H]1COP(=O)(O)O[C@H]1C[C@H](n2ccc(N)nc2=O)O[C@@H]1COP(=O)(O)O. The molecule has 0 aromatic carbocycles. The molecule has 0 radical (unpaired) electrons. The minimum atomic E-state index is -5.28. The second kappa shape index (κ2) is 21.2. The molecule has 0 spiro atoms. The number of alkyl carbamates (subject to hydrolysis) is 1. The molecular formula is C33H50N12O16P2S2. The molecule has 2 unspecified atom stereocenters. The number of nitrogens with two attached hydrogens (primary N) is 2. The number of phosphoric acid groups is 2. The van der Waals surface area contributed by atoms with Crippen LogP contribution in [0.2, 0.25) is 0 Å². The lowest BCUT2D eigenvalue weighted by Gasteiger charge is -2.28. The normalized spacial score (nSPS) is 24.5. The van der Waals surface area contributed by atoms with Crippen LogP contribution in [0.5, 0.6) is 0 Å². The molecule has 32 heteroatoms. The van der Waals surface area contributed by atoms with E-state index in [-0.39, 0.29) is 46.9 Å². The summed E-state index contributed by atoms with van der Waals surface area (Å²) in [4.78, 5) is 88.3. The van der Waals surface area contributed by atoms with Crippen LogP contribution in [0.3, 0.4) is 0 Å². The number of rotatable bonds is 19. The Balaban J connectivity index is 1.42. The zero-order valence-electron chi connectivity index (χ0n) is 35.6. The Hall–Kier alpha value is -4.12. The van der Waals surface area contributed by atoms with Crippen molar-refractivity contribution in [1.29, 1.82) is 0 Å². The maximum atomic E-state index is 14.2. The van der Waals surface area contributed by atoms with E-state index < -0.39 is 106 Å². The Morgan fingerprint density at radius 3 is 2.43 bits per heavy atom. The molecule has 10 atom stereocenters. The van der Waals surface area contributed by atoms with Crippen LogP contribution < -0.4 is 22.5 Å². The highest BCUT2D eigenvalue weighted by atomic mass is 33.1. The highest BCUT2D eigenvalue weighted by molar-refractivity contribution is 8.77. The minimum Gasteiger partial charge on any atom is -0.455 e. The number of aliphatic hydroxyl groups is 1. The van der Waals surface area contributed by atoms with Gasteiger partial charge in [-0.2, -0.15) is 4.98 Å². The van der Waals surface area contributed by atoms with E-state index >= 15 is 0 Å². The maximum absolute atomic E-state index is 14.2. The summed E-state index contributed by atoms with van der Waals surface area (Å²) in [5.41, 5.74) is 19.0. The van der Waals surface area contributed by atoms with E-state index in [9.17, 15) is 43.3 Å². The Labute approximate surface area is 377 Å². The van der Waals surface area contributed by atoms with Crippen LogP contribution in [-0.2, 0) is 46.4 Å². The number of hydrogen-bond donors (Lipinski definition) is 7. The third kappa shape index (κ3) is 14.9. The highest BCUT2D eigenvalue weighted by Crippen LogP contribution is 2.50. The van der Waals surface area contributed by atoms with Crippen molar-refractivity contribution >= 4 is 72.1 Å². The number of carbonyl (C=O) groups is 2. The summed E-state index contributed by atoms with van der Waals surface area (Å²) < 4.78 is 65.5. The quantitative estimate of drug-likeness (QED) is 0.0226. The fourth-order valence-corrected chi connectivity index (χ4v) is 10.0. The number of ether oxygens (including phenoxy) is 4. The number of nitrogen functional groups attached to an aromatic ring is 2. The van der Waals surface area contributed by atoms with Gasteiger partial charge in [-0.3, -0.25) is 22.7 Å². The summed E-state index contributed by atoms with van der Waals surface area (Å²) >= 11 is 0. The lowest BCUT2D eigenvalue weighted by atomic mass is 10.1. The van der Waals surface area contributed by atoms with Crippen LogP contribution in [0, 0.1) is 0 Å². The van der Waals surface area contributed by atoms with E-state index in [0.29, 0.717) is 0 Å². The number of esters is 1. The first-order chi connectivity index (χ1) is 30.2. The molecule has 5 heterocycles. The Morgan fingerprint density at radius 1 is 1.08 bits per heavy atom. The molecule has 3 aromatic heterocycles. The van der Waals surface area contributed by atoms with Crippen molar-refractivity contribution < 1.29 is 71.0 Å². The first-order valence-corrected chi connectivity index (χ1v) is 24.6. The number of phosphoric ester groups is 2. The van der Waals surface area contributed by atoms with Gasteiger partial charge in [-0.1, -0.05) is 47.5 Å². The first kappa shape index (κ1) is 51.9. The maximum Gasteiger partial charge on any atom is 0.472 e. The van der Waals surface area contributed by atoms with Crippen LogP contribution >= 0.6 is 37.2 Å². The van der Waals surface area contributed by atoms with Gasteiger partial charge < -0.3 is 55.5 Å². The second-order valence-electron chi connectivity index (χ2n) is 16.4. The van der Waals surface area contributed by atoms with Crippen molar-refractivity contribution in [2.45, 2.75) is 119 Å². The monoisotopic (exact) mass is 996 g/mol. The smallest absolute Gasteiger partial charge is 0.455 e. The van der Waals surface area contributed by atoms with Crippen molar-refractivity contribution in [2.24, 2.45) is 5.11 Å². The van der Waals surface area contributed by atoms with Gasteiger partial charge in [0.25, 0.3) is 0 Å². The number of nitrogens with one attached hydrogen (secondary N) is 1. The van der Waals surface area contributed by atoms with Crippen LogP contribution in [0.15, 0.2) is 34.8 Å². The third-order valence-corrected chi connectivity index (χ3v) is 14.2. The van der Waals surface area contributed by atoms with Gasteiger partial charge in [0.1, 0.15) is 59.9 Å². The Bertz CT molecular complexity index is 2370. The molecule has 0 aliphatic carbocycles. The average molecular weight is 997 g/mol. The number of aliphatic hydroxyl groups excluding tert-OH is 1. The zero-order valence-corrected chi connectivity index (χ0v) is 39.0. The number of amides is 1. The van der Waals surface area contributed by atoms with Gasteiger partial charge in [-0.05, 0) is 38.8 Å². The van der Waals surface area contributed by atoms with Crippen LogP contribution in [0.1, 0.15) is 66.8 Å². The van der Waals surface area contributed by atoms with E-state index in [0.717, 1.165) is 10.9 Å². The van der Waals surface area contributed by atoms with Gasteiger partial charge in [0.2, 0.25) is 0 Å². The summed E-state index contributed by atoms with van der Waals surface area (Å²) in [6, 6.07) is -0.228. The highest BCUT2D eigenvalue weighted by Gasteiger charge is 2.50. The molecule has 1 amide bonds. The number of nitrogens with zero attached hydrogens (tertiary/aromatic N) is 9. The van der Waals surface area contributed by atoms with Crippen molar-refractivity contribution in [2.75, 3.05) is 31.2 Å². The molecule has 5 rings (SSSR count). The van der Waals surface area contributed by atoms with Crippen LogP contribution in [0.4, 0.5) is 16.4 Å². The number of imidazole rings is 1. The van der Waals surface area contributed by atoms with Gasteiger partial charge in [0, 0.05) is 34.1 Å². The summed E-state index contributed by atoms with van der Waals surface area (Å²) in [6.45, 7) is 8.73. The van der Waals surface area contributed by atoms with Gasteiger partial charge in [-0.25, -0.2) is 38.5 Å². The standard InChI is InChI=1S/C33H50N12O16P2S2/c1-32(2,3)60-31(49)41-17(9-16(11-40-43-36)64-65-33(4,5)6)29(47)59-25-20(58-28(24(25)46)45-15-39-23-26(35)37-14-38-27(23)45)13-56-63(53,54)61-18-10-22(44-8-7-21(34)42-30(44)48)57-19(18)12-55-62(50,51)52/h7-8,14-20,22,24-25,28,46H,9-13H2,1-6H3,(H,41,49)(H,53,54)(H2,34,42,48)(H2,35,37,38)(H2,50,51,52)/t16?,17-,18+,19-,20+,22-,24-,25-,28-/m1/s1. The molecule has 2 aliphatic rings. The van der Waals surface area contributed by atoms with E-state index in [4.69, 9.17) is 45.0 Å². The number of carbonyl (C=O) groups excluding carboxylic acids is 2. The predicted molar refractivity (Wildman–Crippen MR) is 230 cm³/mol. The van der Waals surface area contributed by atoms with Gasteiger partial charge in [0.15, 0.2) is 23.8 Å². The summed E-state index contributed by atoms with van der Waals surface area (Å²) in [5.74, 6) is -1.26. The van der Waals surface area contributed by atoms with E-state index in [1.807, 2.05) is 20.8 Å². The molecule has 2 fully saturated rings. The fourth-order valence-electron chi connectivity index (χ4n) is 6.23. The Morgan fingerprint density at radius 2 is 1.78 bits per heavy atom. The molecule has 9 N–H and O–H groups in total. The molecule has 2 saturated heterocycles. The minimum absolute atomic E-state index is 0.0172. The fraction of sp³-hybridized carbons (Fsp3) is 0.667. The molecule has 65 heavy (non-hydrogen) atoms. The topological polar surface area (TPSA) is 405 Å². The molecule has 28 nitrogen and oxygen atoms in total. The lowest BCUT2D eigenvalue weighted by Crippen LogP contribution is -2.49. The number of azide groups is 1. The molecular weight excluding hydrogens is 947 g/mol. The average Bonchev–Trinajstić information content (AvgIpc) is 3.88. The molecule has 360 valence electrons. The van der Waals surface area contributed by atoms with Crippen molar-refractivity contribution in [3.05, 3.63) is 45.8 Å². The summed E-state index contributed by atoms with van der Waals surface area (Å²) in [5, 5.41) is 17.4. The largest absolute Gasteiger partial charge is 0.472 e. The number of fused-ring (bicyclic) bond motifs is 1. The second-order valence-corrected chi connectivity index (χ2v) is 22.4. The number of aromatic nitrogens is 6. The molecule has 0 saturated carbocycles. The summed E-state index contributed by atoms with van der Waals surface area (Å²) in [7, 11) is -7.65. The first-order valence-electron chi connectivity index (χ1n) is 19.4. The van der Waals surface area contributed by atoms with Crippen molar-refractivity contribution in [3.63, 3.8) is 0 Å². The van der Waals surface area contributed by atoms with E-state index in [1.165, 1.54) is 44.7 Å². The van der Waals surface area contributed by atoms with Crippen LogP contribution in [-0.4, -0.2) is 133 Å². The van der Waals surface area contributed by atoms with E-state index in [1.54, 1.807) is 20.8 Å². The van der Waals surface area contributed by atoms with Crippen molar-refractivity contribution in [1.82, 2.24) is 34.4 Å². The lowest BCUT2D eigenvalue weighted by molar-refractivity contribution is -0.159. The number of anilines is 2. The molecule has 2 aliphatic heterocycles. The van der Waals surface area contributed by atoms with E-state index in [2.05, 4.69) is 39.8 Å². The van der Waals surface area contributed by atoms with Gasteiger partial charge >= 0.3 is 33.4 Å². The number of hydrogen-bond acceptors (Lipinski definition) is 22. The van der Waals surface area contributed by atoms with Gasteiger partial charge in [0.05, 0.1) is 19.5 Å². The predicted octanol–water partition coefficient (Wildman–Crippen LogP) is 2.46. The molecule has 3 aromatic rings. The van der Waals surface area contributed by atoms with Crippen molar-refractivity contribution in [3.8, 4) is 0 Å².